The number of guanidine groups is 1. The summed E-state index contributed by atoms with van der Waals surface area (Å²) in [5.74, 6) is 0.779. The van der Waals surface area contributed by atoms with Crippen LogP contribution in [0.3, 0.4) is 0 Å². The third-order valence-corrected chi connectivity index (χ3v) is 5.63. The lowest BCUT2D eigenvalue weighted by Crippen LogP contribution is -2.50. The Kier molecular flexibility index (Phi) is 11.6. The number of likely N-dealkylation sites (tertiary alicyclic amines) is 1. The SMILES string of the molecule is COCCC(=O)N1CCC(NC(=NCC(=O)N(C)C)NCCCN2CCOCC2)CC1. The van der Waals surface area contributed by atoms with Gasteiger partial charge in [-0.1, -0.05) is 0 Å². The molecule has 0 radical (unpaired) electrons. The van der Waals surface area contributed by atoms with Crippen LogP contribution in [0.2, 0.25) is 0 Å². The van der Waals surface area contributed by atoms with Crippen LogP contribution >= 0.6 is 0 Å². The second-order valence-electron chi connectivity index (χ2n) is 8.23. The average molecular weight is 441 g/mol. The Balaban J connectivity index is 1.79. The zero-order valence-corrected chi connectivity index (χ0v) is 19.4. The maximum atomic E-state index is 12.2. The Labute approximate surface area is 186 Å². The molecule has 2 fully saturated rings. The van der Waals surface area contributed by atoms with Crippen molar-refractivity contribution in [2.45, 2.75) is 31.7 Å². The van der Waals surface area contributed by atoms with E-state index in [0.29, 0.717) is 19.0 Å². The minimum Gasteiger partial charge on any atom is -0.384 e. The van der Waals surface area contributed by atoms with Crippen molar-refractivity contribution in [3.05, 3.63) is 0 Å². The van der Waals surface area contributed by atoms with Crippen LogP contribution in [0.25, 0.3) is 0 Å². The van der Waals surface area contributed by atoms with Crippen molar-refractivity contribution in [2.24, 2.45) is 4.99 Å². The van der Waals surface area contributed by atoms with Gasteiger partial charge in [0.15, 0.2) is 5.96 Å². The van der Waals surface area contributed by atoms with Crippen molar-refractivity contribution in [3.8, 4) is 0 Å². The van der Waals surface area contributed by atoms with Gasteiger partial charge in [-0.05, 0) is 25.8 Å². The number of carbonyl (C=O) groups is 2. The van der Waals surface area contributed by atoms with Gasteiger partial charge >= 0.3 is 0 Å². The molecule has 2 saturated heterocycles. The number of amides is 2. The number of piperidine rings is 1. The molecule has 0 aromatic rings. The Morgan fingerprint density at radius 2 is 1.87 bits per heavy atom. The number of rotatable bonds is 10. The van der Waals surface area contributed by atoms with Gasteiger partial charge in [0.1, 0.15) is 6.54 Å². The summed E-state index contributed by atoms with van der Waals surface area (Å²) >= 11 is 0. The molecule has 0 atom stereocenters. The first-order valence-electron chi connectivity index (χ1n) is 11.3. The molecule has 2 amide bonds. The van der Waals surface area contributed by atoms with Gasteiger partial charge in [-0.2, -0.15) is 0 Å². The summed E-state index contributed by atoms with van der Waals surface area (Å²) in [6.07, 6.45) is 3.14. The average Bonchev–Trinajstić information content (AvgIpc) is 2.79. The molecule has 2 heterocycles. The largest absolute Gasteiger partial charge is 0.384 e. The number of hydrogen-bond acceptors (Lipinski definition) is 6. The summed E-state index contributed by atoms with van der Waals surface area (Å²) in [4.78, 5) is 34.5. The van der Waals surface area contributed by atoms with Crippen molar-refractivity contribution in [2.75, 3.05) is 86.8 Å². The molecule has 2 rings (SSSR count). The molecule has 0 unspecified atom stereocenters. The van der Waals surface area contributed by atoms with Crippen LogP contribution in [0.15, 0.2) is 4.99 Å². The molecule has 178 valence electrons. The highest BCUT2D eigenvalue weighted by molar-refractivity contribution is 5.85. The van der Waals surface area contributed by atoms with Crippen molar-refractivity contribution in [1.29, 1.82) is 0 Å². The number of methoxy groups -OCH3 is 1. The van der Waals surface area contributed by atoms with Crippen LogP contribution in [-0.4, -0.2) is 125 Å². The highest BCUT2D eigenvalue weighted by Crippen LogP contribution is 2.11. The Morgan fingerprint density at radius 1 is 1.16 bits per heavy atom. The lowest BCUT2D eigenvalue weighted by molar-refractivity contribution is -0.133. The number of morpholine rings is 1. The molecule has 10 nitrogen and oxygen atoms in total. The van der Waals surface area contributed by atoms with Gasteiger partial charge in [0.2, 0.25) is 11.8 Å². The van der Waals surface area contributed by atoms with E-state index in [2.05, 4.69) is 20.5 Å². The van der Waals surface area contributed by atoms with Crippen molar-refractivity contribution < 1.29 is 19.1 Å². The zero-order chi connectivity index (χ0) is 22.5. The van der Waals surface area contributed by atoms with Gasteiger partial charge in [-0.25, -0.2) is 4.99 Å². The number of likely N-dealkylation sites (N-methyl/N-ethyl adjacent to an activating group) is 1. The summed E-state index contributed by atoms with van der Waals surface area (Å²) in [6.45, 7) is 7.40. The van der Waals surface area contributed by atoms with Crippen LogP contribution in [-0.2, 0) is 19.1 Å². The maximum absolute atomic E-state index is 12.2. The fourth-order valence-corrected chi connectivity index (χ4v) is 3.59. The van der Waals surface area contributed by atoms with Crippen LogP contribution in [0.1, 0.15) is 25.7 Å². The van der Waals surface area contributed by atoms with E-state index in [1.54, 1.807) is 26.1 Å². The Hall–Kier alpha value is -1.91. The van der Waals surface area contributed by atoms with Gasteiger partial charge in [0, 0.05) is 60.0 Å². The molecule has 0 aromatic carbocycles. The zero-order valence-electron chi connectivity index (χ0n) is 19.4. The summed E-state index contributed by atoms with van der Waals surface area (Å²) in [5.41, 5.74) is 0. The number of aliphatic imine (C=N–C) groups is 1. The molecule has 0 spiro atoms. The molecular formula is C21H40N6O4. The Morgan fingerprint density at radius 3 is 2.52 bits per heavy atom. The standard InChI is InChI=1S/C21H40N6O4/c1-25(2)20(29)17-23-21(22-8-4-9-26-12-15-31-16-13-26)24-18-5-10-27(11-6-18)19(28)7-14-30-3/h18H,4-17H2,1-3H3,(H2,22,23,24). The fraction of sp³-hybridized carbons (Fsp3) is 0.857. The highest BCUT2D eigenvalue weighted by Gasteiger charge is 2.23. The van der Waals surface area contributed by atoms with E-state index in [4.69, 9.17) is 9.47 Å². The summed E-state index contributed by atoms with van der Waals surface area (Å²) in [6, 6.07) is 0.228. The molecule has 0 bridgehead atoms. The topological polar surface area (TPSA) is 98.7 Å². The first-order chi connectivity index (χ1) is 15.0. The van der Waals surface area contributed by atoms with E-state index in [0.717, 1.165) is 71.7 Å². The normalized spacial score (nSPS) is 18.7. The molecule has 31 heavy (non-hydrogen) atoms. The van der Waals surface area contributed by atoms with E-state index < -0.39 is 0 Å². The number of ether oxygens (including phenoxy) is 2. The van der Waals surface area contributed by atoms with E-state index >= 15 is 0 Å². The van der Waals surface area contributed by atoms with Crippen molar-refractivity contribution >= 4 is 17.8 Å². The smallest absolute Gasteiger partial charge is 0.243 e. The number of hydrogen-bond donors (Lipinski definition) is 2. The maximum Gasteiger partial charge on any atom is 0.243 e. The second-order valence-corrected chi connectivity index (χ2v) is 8.23. The van der Waals surface area contributed by atoms with Crippen molar-refractivity contribution in [3.63, 3.8) is 0 Å². The lowest BCUT2D eigenvalue weighted by Gasteiger charge is -2.33. The van der Waals surface area contributed by atoms with Crippen molar-refractivity contribution in [1.82, 2.24) is 25.3 Å². The molecule has 0 aliphatic carbocycles. The van der Waals surface area contributed by atoms with Crippen LogP contribution < -0.4 is 10.6 Å². The van der Waals surface area contributed by atoms with E-state index in [9.17, 15) is 9.59 Å². The highest BCUT2D eigenvalue weighted by atomic mass is 16.5. The fourth-order valence-electron chi connectivity index (χ4n) is 3.59. The monoisotopic (exact) mass is 440 g/mol. The molecular weight excluding hydrogens is 400 g/mol. The van der Waals surface area contributed by atoms with E-state index in [-0.39, 0.29) is 24.4 Å². The predicted octanol–water partition coefficient (Wildman–Crippen LogP) is -0.640. The van der Waals surface area contributed by atoms with Crippen LogP contribution in [0, 0.1) is 0 Å². The van der Waals surface area contributed by atoms with E-state index in [1.807, 2.05) is 4.90 Å². The molecule has 2 aliphatic heterocycles. The summed E-state index contributed by atoms with van der Waals surface area (Å²) in [7, 11) is 5.08. The molecule has 2 N–H and O–H groups in total. The number of carbonyl (C=O) groups excluding carboxylic acids is 2. The predicted molar refractivity (Wildman–Crippen MR) is 120 cm³/mol. The third-order valence-electron chi connectivity index (χ3n) is 5.63. The van der Waals surface area contributed by atoms with Gasteiger partial charge in [-0.3, -0.25) is 14.5 Å². The van der Waals surface area contributed by atoms with Gasteiger partial charge < -0.3 is 29.9 Å². The number of nitrogens with zero attached hydrogens (tertiary/aromatic N) is 4. The van der Waals surface area contributed by atoms with E-state index in [1.165, 1.54) is 0 Å². The van der Waals surface area contributed by atoms with Gasteiger partial charge in [0.25, 0.3) is 0 Å². The summed E-state index contributed by atoms with van der Waals surface area (Å²) in [5, 5.41) is 6.84. The lowest BCUT2D eigenvalue weighted by atomic mass is 10.0. The first kappa shape index (κ1) is 25.4. The molecule has 2 aliphatic rings. The first-order valence-corrected chi connectivity index (χ1v) is 11.3. The van der Waals surface area contributed by atoms with Crippen LogP contribution in [0.5, 0.6) is 0 Å². The second kappa shape index (κ2) is 14.2. The minimum atomic E-state index is -0.0343. The molecule has 0 aromatic heterocycles. The number of nitrogens with one attached hydrogen (secondary N) is 2. The van der Waals surface area contributed by atoms with Crippen LogP contribution in [0.4, 0.5) is 0 Å². The van der Waals surface area contributed by atoms with Gasteiger partial charge in [-0.15, -0.1) is 0 Å². The molecule has 0 saturated carbocycles. The quantitative estimate of drug-likeness (QED) is 0.265. The Bertz CT molecular complexity index is 572. The minimum absolute atomic E-state index is 0.0343. The summed E-state index contributed by atoms with van der Waals surface area (Å²) < 4.78 is 10.4. The molecule has 10 heteroatoms. The third kappa shape index (κ3) is 9.84. The van der Waals surface area contributed by atoms with Gasteiger partial charge in [0.05, 0.1) is 26.2 Å².